The Morgan fingerprint density at radius 2 is 2.07 bits per heavy atom. The van der Waals surface area contributed by atoms with Crippen LogP contribution in [0.5, 0.6) is 0 Å². The molecule has 1 atom stereocenters. The molecule has 1 aliphatic rings. The fourth-order valence-electron chi connectivity index (χ4n) is 1.37. The monoisotopic (exact) mass is 235 g/mol. The van der Waals surface area contributed by atoms with Crippen LogP contribution in [0, 0.1) is 5.41 Å². The first-order valence-corrected chi connectivity index (χ1v) is 6.67. The molecule has 0 aliphatic heterocycles. The third-order valence-corrected chi connectivity index (χ3v) is 4.48. The van der Waals surface area contributed by atoms with E-state index in [1.54, 1.807) is 7.05 Å². The Labute approximate surface area is 92.2 Å². The van der Waals surface area contributed by atoms with Crippen molar-refractivity contribution in [2.24, 2.45) is 11.1 Å². The molecule has 1 fully saturated rings. The smallest absolute Gasteiger partial charge is 0.279 e. The second-order valence-corrected chi connectivity index (χ2v) is 6.64. The maximum atomic E-state index is 11.7. The minimum atomic E-state index is -3.31. The highest BCUT2D eigenvalue weighted by Crippen LogP contribution is 2.44. The van der Waals surface area contributed by atoms with Crippen molar-refractivity contribution < 1.29 is 8.42 Å². The summed E-state index contributed by atoms with van der Waals surface area (Å²) in [7, 11) is -1.74. The molecule has 0 aromatic heterocycles. The predicted octanol–water partition coefficient (Wildman–Crippen LogP) is -0.100. The minimum Gasteiger partial charge on any atom is -0.330 e. The molecule has 1 saturated carbocycles. The molecule has 0 bridgehead atoms. The Kier molecular flexibility index (Phi) is 3.76. The molecule has 0 saturated heterocycles. The standard InChI is InChI=1S/C9H21N3O2S/c1-9(2)7-8(9)11-15(13,14)12(3)6-4-5-10/h8,11H,4-7,10H2,1-3H3. The van der Waals surface area contributed by atoms with Crippen molar-refractivity contribution in [1.29, 1.82) is 0 Å². The predicted molar refractivity (Wildman–Crippen MR) is 60.5 cm³/mol. The summed E-state index contributed by atoms with van der Waals surface area (Å²) in [5.41, 5.74) is 5.45. The molecule has 6 heteroatoms. The van der Waals surface area contributed by atoms with Gasteiger partial charge in [-0.3, -0.25) is 0 Å². The highest BCUT2D eigenvalue weighted by Gasteiger charge is 2.48. The van der Waals surface area contributed by atoms with E-state index in [0.717, 1.165) is 6.42 Å². The van der Waals surface area contributed by atoms with E-state index in [9.17, 15) is 8.42 Å². The molecule has 15 heavy (non-hydrogen) atoms. The fraction of sp³-hybridized carbons (Fsp3) is 1.00. The second-order valence-electron chi connectivity index (χ2n) is 4.83. The molecule has 0 heterocycles. The summed E-state index contributed by atoms with van der Waals surface area (Å²) >= 11 is 0. The Morgan fingerprint density at radius 3 is 2.47 bits per heavy atom. The van der Waals surface area contributed by atoms with E-state index >= 15 is 0 Å². The van der Waals surface area contributed by atoms with Crippen LogP contribution in [0.3, 0.4) is 0 Å². The number of nitrogens with two attached hydrogens (primary N) is 1. The highest BCUT2D eigenvalue weighted by molar-refractivity contribution is 7.87. The summed E-state index contributed by atoms with van der Waals surface area (Å²) in [6, 6.07) is 0.0860. The van der Waals surface area contributed by atoms with Crippen LogP contribution in [0.4, 0.5) is 0 Å². The van der Waals surface area contributed by atoms with E-state index in [1.807, 2.05) is 0 Å². The summed E-state index contributed by atoms with van der Waals surface area (Å²) in [4.78, 5) is 0. The number of hydrogen-bond acceptors (Lipinski definition) is 3. The first-order valence-electron chi connectivity index (χ1n) is 5.23. The van der Waals surface area contributed by atoms with Crippen LogP contribution in [-0.2, 0) is 10.2 Å². The molecule has 1 rings (SSSR count). The van der Waals surface area contributed by atoms with Gasteiger partial charge in [0.1, 0.15) is 0 Å². The molecule has 0 aromatic rings. The zero-order valence-corrected chi connectivity index (χ0v) is 10.5. The minimum absolute atomic E-state index is 0.0860. The number of hydrogen-bond donors (Lipinski definition) is 2. The summed E-state index contributed by atoms with van der Waals surface area (Å²) in [5, 5.41) is 0. The van der Waals surface area contributed by atoms with Crippen molar-refractivity contribution >= 4 is 10.2 Å². The molecule has 0 aromatic carbocycles. The third-order valence-electron chi connectivity index (χ3n) is 2.89. The van der Waals surface area contributed by atoms with Gasteiger partial charge in [-0.15, -0.1) is 0 Å². The van der Waals surface area contributed by atoms with Gasteiger partial charge in [-0.1, -0.05) is 13.8 Å². The average molecular weight is 235 g/mol. The summed E-state index contributed by atoms with van der Waals surface area (Å²) in [6.45, 7) is 5.09. The van der Waals surface area contributed by atoms with Crippen LogP contribution in [0.2, 0.25) is 0 Å². The third kappa shape index (κ3) is 3.41. The zero-order valence-electron chi connectivity index (χ0n) is 9.66. The van der Waals surface area contributed by atoms with E-state index in [1.165, 1.54) is 4.31 Å². The van der Waals surface area contributed by atoms with Gasteiger partial charge in [0.25, 0.3) is 10.2 Å². The summed E-state index contributed by atoms with van der Waals surface area (Å²) in [6.07, 6.45) is 1.60. The molecular weight excluding hydrogens is 214 g/mol. The number of nitrogens with zero attached hydrogens (tertiary/aromatic N) is 1. The van der Waals surface area contributed by atoms with Crippen LogP contribution >= 0.6 is 0 Å². The van der Waals surface area contributed by atoms with Gasteiger partial charge in [-0.05, 0) is 24.8 Å². The van der Waals surface area contributed by atoms with Crippen LogP contribution in [0.15, 0.2) is 0 Å². The molecule has 0 amide bonds. The SMILES string of the molecule is CN(CCCN)S(=O)(=O)NC1CC1(C)C. The van der Waals surface area contributed by atoms with E-state index < -0.39 is 10.2 Å². The van der Waals surface area contributed by atoms with Crippen LogP contribution in [0.25, 0.3) is 0 Å². The molecule has 3 N–H and O–H groups in total. The molecular formula is C9H21N3O2S. The summed E-state index contributed by atoms with van der Waals surface area (Å²) in [5.74, 6) is 0. The van der Waals surface area contributed by atoms with Crippen LogP contribution in [-0.4, -0.2) is 38.9 Å². The maximum absolute atomic E-state index is 11.7. The van der Waals surface area contributed by atoms with E-state index in [-0.39, 0.29) is 11.5 Å². The van der Waals surface area contributed by atoms with Gasteiger partial charge >= 0.3 is 0 Å². The van der Waals surface area contributed by atoms with Crippen molar-refractivity contribution in [3.8, 4) is 0 Å². The highest BCUT2D eigenvalue weighted by atomic mass is 32.2. The quantitative estimate of drug-likeness (QED) is 0.675. The number of rotatable bonds is 6. The van der Waals surface area contributed by atoms with Crippen LogP contribution in [0.1, 0.15) is 26.7 Å². The first kappa shape index (κ1) is 12.9. The van der Waals surface area contributed by atoms with Gasteiger partial charge in [0.2, 0.25) is 0 Å². The topological polar surface area (TPSA) is 75.4 Å². The van der Waals surface area contributed by atoms with Gasteiger partial charge < -0.3 is 5.73 Å². The largest absolute Gasteiger partial charge is 0.330 e. The van der Waals surface area contributed by atoms with Crippen molar-refractivity contribution in [2.45, 2.75) is 32.7 Å². The Balaban J connectivity index is 2.45. The second kappa shape index (κ2) is 4.37. The van der Waals surface area contributed by atoms with Crippen molar-refractivity contribution in [2.75, 3.05) is 20.1 Å². The summed E-state index contributed by atoms with van der Waals surface area (Å²) < 4.78 is 27.5. The van der Waals surface area contributed by atoms with E-state index in [0.29, 0.717) is 19.5 Å². The molecule has 5 nitrogen and oxygen atoms in total. The van der Waals surface area contributed by atoms with Crippen molar-refractivity contribution in [3.05, 3.63) is 0 Å². The lowest BCUT2D eigenvalue weighted by Crippen LogP contribution is -2.41. The Hall–Kier alpha value is -0.170. The lowest BCUT2D eigenvalue weighted by molar-refractivity contribution is 0.447. The molecule has 0 radical (unpaired) electrons. The Morgan fingerprint density at radius 1 is 1.53 bits per heavy atom. The average Bonchev–Trinajstić information content (AvgIpc) is 2.68. The molecule has 1 aliphatic carbocycles. The maximum Gasteiger partial charge on any atom is 0.279 e. The van der Waals surface area contributed by atoms with Gasteiger partial charge in [-0.25, -0.2) is 0 Å². The lowest BCUT2D eigenvalue weighted by atomic mass is 10.2. The molecule has 1 unspecified atom stereocenters. The molecule has 90 valence electrons. The van der Waals surface area contributed by atoms with E-state index in [2.05, 4.69) is 18.6 Å². The number of nitrogens with one attached hydrogen (secondary N) is 1. The van der Waals surface area contributed by atoms with Crippen molar-refractivity contribution in [1.82, 2.24) is 9.03 Å². The normalized spacial score (nSPS) is 24.5. The fourth-order valence-corrected chi connectivity index (χ4v) is 2.68. The van der Waals surface area contributed by atoms with Gasteiger partial charge in [-0.2, -0.15) is 17.4 Å². The zero-order chi connectivity index (χ0) is 11.7. The van der Waals surface area contributed by atoms with E-state index in [4.69, 9.17) is 5.73 Å². The first-order chi connectivity index (χ1) is 6.79. The van der Waals surface area contributed by atoms with Gasteiger partial charge in [0, 0.05) is 19.6 Å². The molecule has 0 spiro atoms. The van der Waals surface area contributed by atoms with Gasteiger partial charge in [0.05, 0.1) is 0 Å². The Bertz CT molecular complexity index is 313. The lowest BCUT2D eigenvalue weighted by Gasteiger charge is -2.17. The van der Waals surface area contributed by atoms with Gasteiger partial charge in [0.15, 0.2) is 0 Å². The van der Waals surface area contributed by atoms with Crippen LogP contribution < -0.4 is 10.5 Å². The van der Waals surface area contributed by atoms with Crippen molar-refractivity contribution in [3.63, 3.8) is 0 Å².